The fourth-order valence-electron chi connectivity index (χ4n) is 8.12. The van der Waals surface area contributed by atoms with Crippen molar-refractivity contribution in [1.82, 2.24) is 0 Å². The Labute approximate surface area is 152 Å². The Balaban J connectivity index is 1.64. The molecule has 3 heteroatoms. The molecule has 4 aliphatic carbocycles. The Morgan fingerprint density at radius 1 is 1.12 bits per heavy atom. The van der Waals surface area contributed by atoms with Gasteiger partial charge in [0.2, 0.25) is 0 Å². The number of fused-ring (bicyclic) bond motifs is 5. The number of carbonyl (C=O) groups excluding carboxylic acids is 1. The van der Waals surface area contributed by atoms with Crippen LogP contribution in [0, 0.1) is 46.3 Å². The predicted octanol–water partition coefficient (Wildman–Crippen LogP) is 3.81. The molecule has 0 aromatic carbocycles. The second kappa shape index (κ2) is 6.05. The average molecular weight is 349 g/mol. The maximum absolute atomic E-state index is 12.0. The Morgan fingerprint density at radius 2 is 1.84 bits per heavy atom. The Bertz CT molecular complexity index is 545. The lowest BCUT2D eigenvalue weighted by molar-refractivity contribution is -0.169. The first kappa shape index (κ1) is 18.0. The molecule has 4 saturated carbocycles. The van der Waals surface area contributed by atoms with Crippen molar-refractivity contribution in [3.05, 3.63) is 0 Å². The van der Waals surface area contributed by atoms with E-state index < -0.39 is 0 Å². The number of rotatable bonds is 2. The minimum atomic E-state index is -0.234. The molecular weight excluding hydrogens is 312 g/mol. The fourth-order valence-corrected chi connectivity index (χ4v) is 8.12. The summed E-state index contributed by atoms with van der Waals surface area (Å²) in [6.07, 6.45) is 7.92. The second-order valence-electron chi connectivity index (χ2n) is 10.4. The van der Waals surface area contributed by atoms with Gasteiger partial charge in [-0.05, 0) is 84.9 Å². The van der Waals surface area contributed by atoms with Gasteiger partial charge >= 0.3 is 0 Å². The van der Waals surface area contributed by atoms with Crippen LogP contribution in [0.5, 0.6) is 0 Å². The van der Waals surface area contributed by atoms with E-state index in [2.05, 4.69) is 20.8 Å². The Kier molecular flexibility index (Phi) is 4.35. The van der Waals surface area contributed by atoms with Gasteiger partial charge in [0.1, 0.15) is 5.78 Å². The van der Waals surface area contributed by atoms with Gasteiger partial charge in [0, 0.05) is 19.4 Å². The van der Waals surface area contributed by atoms with E-state index in [9.17, 15) is 15.0 Å². The first-order valence-corrected chi connectivity index (χ1v) is 10.6. The molecule has 4 fully saturated rings. The molecule has 1 unspecified atom stereocenters. The number of carbonyl (C=O) groups is 1. The maximum atomic E-state index is 12.0. The highest BCUT2D eigenvalue weighted by Gasteiger charge is 2.62. The van der Waals surface area contributed by atoms with Crippen molar-refractivity contribution >= 4 is 5.78 Å². The topological polar surface area (TPSA) is 57.5 Å². The molecule has 0 aromatic rings. The molecule has 0 aliphatic heterocycles. The summed E-state index contributed by atoms with van der Waals surface area (Å²) in [5.74, 6) is 3.33. The number of ketones is 1. The first-order valence-electron chi connectivity index (χ1n) is 10.6. The molecule has 9 atom stereocenters. The Morgan fingerprint density at radius 3 is 2.56 bits per heavy atom. The quantitative estimate of drug-likeness (QED) is 0.798. The number of aliphatic hydroxyl groups excluding tert-OH is 2. The van der Waals surface area contributed by atoms with Crippen LogP contribution >= 0.6 is 0 Å². The van der Waals surface area contributed by atoms with Crippen molar-refractivity contribution in [3.8, 4) is 0 Å². The number of Topliss-reactive ketones (excluding diaryl/α,β-unsaturated/α-hetero) is 1. The van der Waals surface area contributed by atoms with Gasteiger partial charge in [-0.15, -0.1) is 0 Å². The lowest BCUT2D eigenvalue weighted by atomic mass is 9.44. The SMILES string of the molecule is CC(CO)[C@H]1CC[C@H]2[C@@H]3[C@H](O)C[C@H]4CC(=O)CC[C@]4(C)[C@H]3CC[C@]12C. The van der Waals surface area contributed by atoms with E-state index in [4.69, 9.17) is 0 Å². The summed E-state index contributed by atoms with van der Waals surface area (Å²) in [7, 11) is 0. The zero-order valence-electron chi connectivity index (χ0n) is 16.2. The van der Waals surface area contributed by atoms with Crippen LogP contribution in [0.3, 0.4) is 0 Å². The molecule has 3 nitrogen and oxygen atoms in total. The van der Waals surface area contributed by atoms with Crippen LogP contribution in [0.15, 0.2) is 0 Å². The van der Waals surface area contributed by atoms with Crippen LogP contribution in [-0.2, 0) is 4.79 Å². The van der Waals surface area contributed by atoms with Crippen molar-refractivity contribution in [2.45, 2.75) is 78.2 Å². The van der Waals surface area contributed by atoms with Gasteiger partial charge in [-0.25, -0.2) is 0 Å². The zero-order chi connectivity index (χ0) is 18.0. The van der Waals surface area contributed by atoms with Crippen LogP contribution < -0.4 is 0 Å². The molecule has 0 radical (unpaired) electrons. The zero-order valence-corrected chi connectivity index (χ0v) is 16.2. The summed E-state index contributed by atoms with van der Waals surface area (Å²) in [5.41, 5.74) is 0.526. The summed E-state index contributed by atoms with van der Waals surface area (Å²) >= 11 is 0. The summed E-state index contributed by atoms with van der Waals surface area (Å²) < 4.78 is 0. The van der Waals surface area contributed by atoms with Crippen molar-refractivity contribution in [3.63, 3.8) is 0 Å². The van der Waals surface area contributed by atoms with Gasteiger partial charge < -0.3 is 10.2 Å². The van der Waals surface area contributed by atoms with Crippen molar-refractivity contribution in [2.75, 3.05) is 6.61 Å². The van der Waals surface area contributed by atoms with Crippen molar-refractivity contribution < 1.29 is 15.0 Å². The van der Waals surface area contributed by atoms with E-state index in [1.807, 2.05) is 0 Å². The highest BCUT2D eigenvalue weighted by atomic mass is 16.3. The average Bonchev–Trinajstić information content (AvgIpc) is 2.93. The van der Waals surface area contributed by atoms with Crippen LogP contribution in [0.4, 0.5) is 0 Å². The van der Waals surface area contributed by atoms with Crippen LogP contribution in [0.2, 0.25) is 0 Å². The molecule has 0 saturated heterocycles. The van der Waals surface area contributed by atoms with E-state index in [0.717, 1.165) is 19.3 Å². The summed E-state index contributed by atoms with van der Waals surface area (Å²) in [6, 6.07) is 0. The molecule has 4 rings (SSSR count). The van der Waals surface area contributed by atoms with Gasteiger partial charge in [0.25, 0.3) is 0 Å². The smallest absolute Gasteiger partial charge is 0.133 e. The van der Waals surface area contributed by atoms with E-state index in [-0.39, 0.29) is 23.5 Å². The van der Waals surface area contributed by atoms with Gasteiger partial charge in [-0.2, -0.15) is 0 Å². The fraction of sp³-hybridized carbons (Fsp3) is 0.955. The van der Waals surface area contributed by atoms with Crippen LogP contribution in [0.25, 0.3) is 0 Å². The molecular formula is C22H36O3. The second-order valence-corrected chi connectivity index (χ2v) is 10.4. The van der Waals surface area contributed by atoms with Gasteiger partial charge in [0.05, 0.1) is 6.10 Å². The molecule has 0 spiro atoms. The summed E-state index contributed by atoms with van der Waals surface area (Å²) in [5, 5.41) is 20.9. The van der Waals surface area contributed by atoms with E-state index >= 15 is 0 Å². The molecule has 2 N–H and O–H groups in total. The molecule has 0 amide bonds. The van der Waals surface area contributed by atoms with Crippen molar-refractivity contribution in [1.29, 1.82) is 0 Å². The number of hydrogen-bond acceptors (Lipinski definition) is 3. The third kappa shape index (κ3) is 2.48. The van der Waals surface area contributed by atoms with Crippen molar-refractivity contribution in [2.24, 2.45) is 46.3 Å². The lowest BCUT2D eigenvalue weighted by Crippen LogP contribution is -2.58. The molecule has 0 aromatic heterocycles. The van der Waals surface area contributed by atoms with E-state index in [1.165, 1.54) is 25.7 Å². The predicted molar refractivity (Wildman–Crippen MR) is 97.9 cm³/mol. The standard InChI is InChI=1S/C22H36O3/c1-13(12-23)16-4-5-17-20-18(7-9-22(16,17)3)21(2)8-6-15(24)10-14(21)11-19(20)25/h13-14,16-20,23,25H,4-12H2,1-3H3/t13?,14-,16-,17+,18+,19-,20+,21+,22-/m1/s1. The molecule has 0 bridgehead atoms. The maximum Gasteiger partial charge on any atom is 0.133 e. The molecule has 25 heavy (non-hydrogen) atoms. The summed E-state index contributed by atoms with van der Waals surface area (Å²) in [6.45, 7) is 7.36. The minimum absolute atomic E-state index is 0.234. The largest absolute Gasteiger partial charge is 0.396 e. The summed E-state index contributed by atoms with van der Waals surface area (Å²) in [4.78, 5) is 12.0. The van der Waals surface area contributed by atoms with Gasteiger partial charge in [-0.1, -0.05) is 20.8 Å². The molecule has 142 valence electrons. The molecule has 0 heterocycles. The Hall–Kier alpha value is -0.410. The highest BCUT2D eigenvalue weighted by molar-refractivity contribution is 5.79. The van der Waals surface area contributed by atoms with E-state index in [0.29, 0.717) is 47.7 Å². The lowest BCUT2D eigenvalue weighted by Gasteiger charge is -2.61. The van der Waals surface area contributed by atoms with E-state index in [1.54, 1.807) is 0 Å². The monoisotopic (exact) mass is 348 g/mol. The number of aliphatic hydroxyl groups is 2. The first-order chi connectivity index (χ1) is 11.8. The van der Waals surface area contributed by atoms with Crippen LogP contribution in [0.1, 0.15) is 72.1 Å². The number of hydrogen-bond donors (Lipinski definition) is 2. The normalized spacial score (nSPS) is 53.7. The van der Waals surface area contributed by atoms with Gasteiger partial charge in [-0.3, -0.25) is 4.79 Å². The third-order valence-electron chi connectivity index (χ3n) is 9.55. The van der Waals surface area contributed by atoms with Gasteiger partial charge in [0.15, 0.2) is 0 Å². The highest BCUT2D eigenvalue weighted by Crippen LogP contribution is 2.67. The third-order valence-corrected chi connectivity index (χ3v) is 9.55. The molecule has 4 aliphatic rings. The van der Waals surface area contributed by atoms with Crippen LogP contribution in [-0.4, -0.2) is 28.7 Å². The minimum Gasteiger partial charge on any atom is -0.396 e.